The summed E-state index contributed by atoms with van der Waals surface area (Å²) in [5.74, 6) is 1.11. The molecular weight excluding hydrogens is 236 g/mol. The van der Waals surface area contributed by atoms with E-state index in [1.54, 1.807) is 0 Å². The normalized spacial score (nSPS) is 12.7. The molecule has 2 aromatic rings. The molecule has 1 aromatic carbocycles. The van der Waals surface area contributed by atoms with Crippen LogP contribution in [0.25, 0.3) is 11.5 Å². The van der Waals surface area contributed by atoms with E-state index in [9.17, 15) is 0 Å². The molecule has 3 nitrogen and oxygen atoms in total. The fourth-order valence-electron chi connectivity index (χ4n) is 1.80. The number of aromatic nitrogens is 2. The summed E-state index contributed by atoms with van der Waals surface area (Å²) in [6, 6.07) is 6.08. The van der Waals surface area contributed by atoms with Crippen LogP contribution >= 0.6 is 11.6 Å². The van der Waals surface area contributed by atoms with Gasteiger partial charge >= 0.3 is 0 Å². The van der Waals surface area contributed by atoms with Crippen molar-refractivity contribution < 1.29 is 4.52 Å². The average Bonchev–Trinajstić information content (AvgIpc) is 2.77. The van der Waals surface area contributed by atoms with Gasteiger partial charge < -0.3 is 4.52 Å². The number of halogens is 1. The van der Waals surface area contributed by atoms with E-state index in [0.29, 0.717) is 11.7 Å². The molecule has 1 atom stereocenters. The Bertz CT molecular complexity index is 502. The van der Waals surface area contributed by atoms with Crippen LogP contribution in [0.4, 0.5) is 0 Å². The van der Waals surface area contributed by atoms with Crippen LogP contribution in [0.3, 0.4) is 0 Å². The van der Waals surface area contributed by atoms with Crippen molar-refractivity contribution in [3.8, 4) is 11.5 Å². The van der Waals surface area contributed by atoms with E-state index in [2.05, 4.69) is 10.1 Å². The second-order valence-corrected chi connectivity index (χ2v) is 4.63. The number of nitrogens with zero attached hydrogens (tertiary/aromatic N) is 2. The Morgan fingerprint density at radius 1 is 1.29 bits per heavy atom. The maximum atomic E-state index is 6.09. The summed E-state index contributed by atoms with van der Waals surface area (Å²) >= 11 is 6.09. The lowest BCUT2D eigenvalue weighted by molar-refractivity contribution is 0.421. The number of alkyl halides is 1. The van der Waals surface area contributed by atoms with E-state index in [0.717, 1.165) is 23.1 Å². The minimum atomic E-state index is -0.183. The van der Waals surface area contributed by atoms with Crippen molar-refractivity contribution in [2.24, 2.45) is 0 Å². The second kappa shape index (κ2) is 4.88. The molecule has 90 valence electrons. The molecule has 0 amide bonds. The molecule has 0 aliphatic heterocycles. The Hall–Kier alpha value is -1.35. The summed E-state index contributed by atoms with van der Waals surface area (Å²) < 4.78 is 5.29. The molecule has 2 rings (SSSR count). The van der Waals surface area contributed by atoms with E-state index in [4.69, 9.17) is 16.1 Å². The number of benzene rings is 1. The third-order valence-electron chi connectivity index (χ3n) is 2.78. The van der Waals surface area contributed by atoms with Crippen LogP contribution in [0.15, 0.2) is 22.7 Å². The van der Waals surface area contributed by atoms with Crippen LogP contribution in [0.2, 0.25) is 0 Å². The minimum Gasteiger partial charge on any atom is -0.334 e. The molecule has 17 heavy (non-hydrogen) atoms. The Kier molecular flexibility index (Phi) is 3.48. The molecular formula is C13H15ClN2O. The predicted octanol–water partition coefficient (Wildman–Crippen LogP) is 4.04. The highest BCUT2D eigenvalue weighted by atomic mass is 35.5. The van der Waals surface area contributed by atoms with Gasteiger partial charge in [-0.05, 0) is 31.4 Å². The molecule has 0 aliphatic rings. The lowest BCUT2D eigenvalue weighted by Gasteiger charge is -2.03. The SMILES string of the molecule is CCC(Cl)c1noc(-c2c(C)cccc2C)n1. The number of rotatable bonds is 3. The van der Waals surface area contributed by atoms with E-state index in [1.807, 2.05) is 39.0 Å². The Morgan fingerprint density at radius 3 is 2.53 bits per heavy atom. The molecule has 0 bridgehead atoms. The zero-order chi connectivity index (χ0) is 12.4. The van der Waals surface area contributed by atoms with Gasteiger partial charge in [0.15, 0.2) is 5.82 Å². The second-order valence-electron chi connectivity index (χ2n) is 4.10. The van der Waals surface area contributed by atoms with Crippen LogP contribution in [0.1, 0.15) is 35.7 Å². The van der Waals surface area contributed by atoms with Gasteiger partial charge in [-0.25, -0.2) is 0 Å². The third kappa shape index (κ3) is 2.34. The monoisotopic (exact) mass is 250 g/mol. The standard InChI is InChI=1S/C13H15ClN2O/c1-4-10(14)12-15-13(17-16-12)11-8(2)6-5-7-9(11)3/h5-7,10H,4H2,1-3H3. The number of aryl methyl sites for hydroxylation is 2. The van der Waals surface area contributed by atoms with Gasteiger partial charge in [0.25, 0.3) is 5.89 Å². The van der Waals surface area contributed by atoms with Gasteiger partial charge in [-0.3, -0.25) is 0 Å². The molecule has 0 aliphatic carbocycles. The highest BCUT2D eigenvalue weighted by molar-refractivity contribution is 6.20. The van der Waals surface area contributed by atoms with Crippen molar-refractivity contribution in [2.45, 2.75) is 32.6 Å². The van der Waals surface area contributed by atoms with Crippen LogP contribution in [-0.2, 0) is 0 Å². The molecule has 1 heterocycles. The minimum absolute atomic E-state index is 0.183. The number of hydrogen-bond donors (Lipinski definition) is 0. The van der Waals surface area contributed by atoms with Crippen molar-refractivity contribution in [1.82, 2.24) is 10.1 Å². The maximum Gasteiger partial charge on any atom is 0.258 e. The van der Waals surface area contributed by atoms with Crippen molar-refractivity contribution in [3.63, 3.8) is 0 Å². The quantitative estimate of drug-likeness (QED) is 0.772. The molecule has 1 aromatic heterocycles. The maximum absolute atomic E-state index is 6.09. The van der Waals surface area contributed by atoms with Crippen molar-refractivity contribution in [2.75, 3.05) is 0 Å². The van der Waals surface area contributed by atoms with E-state index in [-0.39, 0.29) is 5.38 Å². The lowest BCUT2D eigenvalue weighted by Crippen LogP contribution is -1.92. The lowest BCUT2D eigenvalue weighted by atomic mass is 10.0. The van der Waals surface area contributed by atoms with Crippen LogP contribution in [0, 0.1) is 13.8 Å². The Morgan fingerprint density at radius 2 is 1.94 bits per heavy atom. The van der Waals surface area contributed by atoms with Crippen molar-refractivity contribution in [3.05, 3.63) is 35.2 Å². The molecule has 0 radical (unpaired) electrons. The first-order chi connectivity index (χ1) is 8.13. The molecule has 0 saturated carbocycles. The smallest absolute Gasteiger partial charge is 0.258 e. The predicted molar refractivity (Wildman–Crippen MR) is 68.1 cm³/mol. The van der Waals surface area contributed by atoms with Crippen LogP contribution in [-0.4, -0.2) is 10.1 Å². The summed E-state index contributed by atoms with van der Waals surface area (Å²) in [6.45, 7) is 6.06. The molecule has 0 spiro atoms. The van der Waals surface area contributed by atoms with Crippen LogP contribution < -0.4 is 0 Å². The first kappa shape index (κ1) is 12.1. The fourth-order valence-corrected chi connectivity index (χ4v) is 1.89. The van der Waals surface area contributed by atoms with Gasteiger partial charge in [0.05, 0.1) is 5.38 Å². The van der Waals surface area contributed by atoms with Gasteiger partial charge in [-0.2, -0.15) is 4.98 Å². The zero-order valence-electron chi connectivity index (χ0n) is 10.2. The topological polar surface area (TPSA) is 38.9 Å². The fraction of sp³-hybridized carbons (Fsp3) is 0.385. The highest BCUT2D eigenvalue weighted by Crippen LogP contribution is 2.28. The molecule has 0 N–H and O–H groups in total. The van der Waals surface area contributed by atoms with E-state index < -0.39 is 0 Å². The van der Waals surface area contributed by atoms with Gasteiger partial charge in [-0.1, -0.05) is 30.3 Å². The summed E-state index contributed by atoms with van der Waals surface area (Å²) in [5, 5.41) is 3.74. The van der Waals surface area contributed by atoms with Gasteiger partial charge in [0, 0.05) is 5.56 Å². The van der Waals surface area contributed by atoms with Crippen molar-refractivity contribution >= 4 is 11.6 Å². The summed E-state index contributed by atoms with van der Waals surface area (Å²) in [7, 11) is 0. The Balaban J connectivity index is 2.44. The molecule has 1 unspecified atom stereocenters. The first-order valence-electron chi connectivity index (χ1n) is 5.67. The summed E-state index contributed by atoms with van der Waals surface area (Å²) in [5.41, 5.74) is 3.26. The Labute approximate surface area is 106 Å². The third-order valence-corrected chi connectivity index (χ3v) is 3.28. The summed E-state index contributed by atoms with van der Waals surface area (Å²) in [4.78, 5) is 4.36. The number of hydrogen-bond acceptors (Lipinski definition) is 3. The van der Waals surface area contributed by atoms with E-state index >= 15 is 0 Å². The first-order valence-corrected chi connectivity index (χ1v) is 6.11. The van der Waals surface area contributed by atoms with E-state index in [1.165, 1.54) is 0 Å². The molecule has 0 fully saturated rings. The largest absolute Gasteiger partial charge is 0.334 e. The van der Waals surface area contributed by atoms with Crippen molar-refractivity contribution in [1.29, 1.82) is 0 Å². The van der Waals surface area contributed by atoms with Gasteiger partial charge in [0.1, 0.15) is 0 Å². The van der Waals surface area contributed by atoms with Crippen LogP contribution in [0.5, 0.6) is 0 Å². The average molecular weight is 251 g/mol. The zero-order valence-corrected chi connectivity index (χ0v) is 11.0. The molecule has 4 heteroatoms. The molecule has 0 saturated heterocycles. The van der Waals surface area contributed by atoms with Gasteiger partial charge in [-0.15, -0.1) is 11.6 Å². The highest BCUT2D eigenvalue weighted by Gasteiger charge is 2.17. The summed E-state index contributed by atoms with van der Waals surface area (Å²) in [6.07, 6.45) is 0.785. The van der Waals surface area contributed by atoms with Gasteiger partial charge in [0.2, 0.25) is 0 Å².